The molecule has 0 atom stereocenters. The first-order chi connectivity index (χ1) is 4.09. The lowest BCUT2D eigenvalue weighted by molar-refractivity contribution is 0.603. The van der Waals surface area contributed by atoms with Gasteiger partial charge in [-0.1, -0.05) is 11.6 Å². The van der Waals surface area contributed by atoms with Crippen LogP contribution in [0.4, 0.5) is 8.78 Å². The van der Waals surface area contributed by atoms with E-state index < -0.39 is 5.83 Å². The molecule has 0 unspecified atom stereocenters. The van der Waals surface area contributed by atoms with Gasteiger partial charge in [0.05, 0.1) is 8.42 Å². The van der Waals surface area contributed by atoms with Crippen molar-refractivity contribution in [2.45, 2.75) is 0 Å². The Morgan fingerprint density at radius 2 is 1.89 bits per heavy atom. The molecule has 9 heavy (non-hydrogen) atoms. The number of hydrogen-bond acceptors (Lipinski definition) is 0. The van der Waals surface area contributed by atoms with Gasteiger partial charge in [-0.05, 0) is 31.9 Å². The third-order valence-electron chi connectivity index (χ3n) is 0.471. The first kappa shape index (κ1) is 9.59. The molecule has 0 fully saturated rings. The van der Waals surface area contributed by atoms with E-state index in [1.807, 2.05) is 0 Å². The fourth-order valence-corrected chi connectivity index (χ4v) is 0.558. The summed E-state index contributed by atoms with van der Waals surface area (Å²) in [5, 5.41) is -0.322. The summed E-state index contributed by atoms with van der Waals surface area (Å²) < 4.78 is 23.5. The van der Waals surface area contributed by atoms with Crippen LogP contribution in [0.15, 0.2) is 20.6 Å². The zero-order valence-electron chi connectivity index (χ0n) is 3.97. The van der Waals surface area contributed by atoms with Crippen LogP contribution >= 0.6 is 43.5 Å². The third-order valence-corrected chi connectivity index (χ3v) is 2.09. The zero-order valence-corrected chi connectivity index (χ0v) is 7.90. The summed E-state index contributed by atoms with van der Waals surface area (Å²) in [6.07, 6.45) is -0.217. The largest absolute Gasteiger partial charge is 0.212 e. The second-order valence-corrected chi connectivity index (χ2v) is 4.06. The molecule has 0 bridgehead atoms. The van der Waals surface area contributed by atoms with Crippen molar-refractivity contribution >= 4 is 43.5 Å². The smallest absolute Gasteiger partial charge is 0.171 e. The van der Waals surface area contributed by atoms with Gasteiger partial charge in [0.1, 0.15) is 6.33 Å². The fourth-order valence-electron chi connectivity index (χ4n) is 0.138. The molecule has 0 saturated carbocycles. The molecule has 0 aromatic carbocycles. The Bertz CT molecular complexity index is 160. The van der Waals surface area contributed by atoms with E-state index in [2.05, 4.69) is 31.9 Å². The average Bonchev–Trinajstić information content (AvgIpc) is 1.84. The lowest BCUT2D eigenvalue weighted by atomic mass is 10.6. The zero-order chi connectivity index (χ0) is 7.44. The molecular weight excluding hydrogens is 281 g/mol. The van der Waals surface area contributed by atoms with Gasteiger partial charge in [-0.25, -0.2) is 8.78 Å². The predicted octanol–water partition coefficient (Wildman–Crippen LogP) is 3.96. The lowest BCUT2D eigenvalue weighted by Crippen LogP contribution is -1.70. The van der Waals surface area contributed by atoms with Gasteiger partial charge in [-0.3, -0.25) is 0 Å². The van der Waals surface area contributed by atoms with Crippen LogP contribution < -0.4 is 0 Å². The van der Waals surface area contributed by atoms with Crippen molar-refractivity contribution in [3.8, 4) is 0 Å². The molecule has 5 heteroatoms. The Balaban J connectivity index is 4.40. The molecule has 0 N–H and O–H groups in total. The highest BCUT2D eigenvalue weighted by Gasteiger charge is 2.03. The summed E-state index contributed by atoms with van der Waals surface area (Å²) in [5.41, 5.74) is 0. The van der Waals surface area contributed by atoms with Crippen LogP contribution in [0.3, 0.4) is 0 Å². The molecule has 0 aromatic rings. The van der Waals surface area contributed by atoms with Crippen LogP contribution in [-0.4, -0.2) is 0 Å². The van der Waals surface area contributed by atoms with Crippen LogP contribution in [0.2, 0.25) is 0 Å². The van der Waals surface area contributed by atoms with Gasteiger partial charge in [0.25, 0.3) is 0 Å². The van der Waals surface area contributed by atoms with Gasteiger partial charge in [0, 0.05) is 0 Å². The Hall–Kier alpha value is 0.590. The van der Waals surface area contributed by atoms with Crippen LogP contribution in [-0.2, 0) is 0 Å². The quantitative estimate of drug-likeness (QED) is 0.638. The summed E-state index contributed by atoms with van der Waals surface area (Å²) >= 11 is 10.8. The monoisotopic (exact) mass is 280 g/mol. The van der Waals surface area contributed by atoms with E-state index in [1.165, 1.54) is 0 Å². The van der Waals surface area contributed by atoms with Crippen molar-refractivity contribution in [1.82, 2.24) is 0 Å². The molecule has 0 aromatic heterocycles. The van der Waals surface area contributed by atoms with Gasteiger partial charge in [-0.2, -0.15) is 0 Å². The molecule has 0 amide bonds. The molecule has 0 spiro atoms. The second kappa shape index (κ2) is 4.41. The van der Waals surface area contributed by atoms with Gasteiger partial charge in [0.2, 0.25) is 0 Å². The van der Waals surface area contributed by atoms with E-state index in [-0.39, 0.29) is 14.8 Å². The van der Waals surface area contributed by atoms with Crippen molar-refractivity contribution in [2.24, 2.45) is 0 Å². The fraction of sp³-hybridized carbons (Fsp3) is 0. The normalized spacial score (nSPS) is 11.4. The highest BCUT2D eigenvalue weighted by molar-refractivity contribution is 9.28. The van der Waals surface area contributed by atoms with Gasteiger partial charge < -0.3 is 0 Å². The van der Waals surface area contributed by atoms with Crippen LogP contribution in [0, 0.1) is 0 Å². The number of allylic oxidation sites excluding steroid dienone is 2. The molecule has 0 rings (SSSR count). The average molecular weight is 282 g/mol. The minimum atomic E-state index is -1.11. The molecule has 0 aliphatic rings. The SMILES string of the molecule is FC=C(F)C(Cl)=C(Br)Br. The van der Waals surface area contributed by atoms with Crippen molar-refractivity contribution < 1.29 is 8.78 Å². The minimum absolute atomic E-state index is 0.183. The van der Waals surface area contributed by atoms with Crippen LogP contribution in [0.5, 0.6) is 0 Å². The number of hydrogen-bond donors (Lipinski definition) is 0. The summed E-state index contributed by atoms with van der Waals surface area (Å²) in [4.78, 5) is 0. The highest BCUT2D eigenvalue weighted by atomic mass is 79.9. The second-order valence-electron chi connectivity index (χ2n) is 1.03. The summed E-state index contributed by atoms with van der Waals surface area (Å²) in [7, 11) is 0. The van der Waals surface area contributed by atoms with E-state index in [1.54, 1.807) is 0 Å². The standard InChI is InChI=1S/C4HBr2ClF2/c5-4(6)3(7)2(9)1-8/h1H. The number of rotatable bonds is 1. The maximum Gasteiger partial charge on any atom is 0.171 e. The van der Waals surface area contributed by atoms with Crippen LogP contribution in [0.1, 0.15) is 0 Å². The maximum absolute atomic E-state index is 12.0. The van der Waals surface area contributed by atoms with Crippen molar-refractivity contribution in [3.63, 3.8) is 0 Å². The van der Waals surface area contributed by atoms with Gasteiger partial charge >= 0.3 is 0 Å². The molecule has 0 saturated heterocycles. The summed E-state index contributed by atoms with van der Waals surface area (Å²) in [6, 6.07) is 0. The van der Waals surface area contributed by atoms with E-state index in [0.29, 0.717) is 0 Å². The minimum Gasteiger partial charge on any atom is -0.212 e. The summed E-state index contributed by atoms with van der Waals surface area (Å²) in [5.74, 6) is -1.11. The van der Waals surface area contributed by atoms with E-state index in [9.17, 15) is 8.78 Å². The maximum atomic E-state index is 12.0. The predicted molar refractivity (Wildman–Crippen MR) is 41.0 cm³/mol. The first-order valence-corrected chi connectivity index (χ1v) is 3.73. The molecular formula is C4HBr2ClF2. The molecule has 52 valence electrons. The van der Waals surface area contributed by atoms with E-state index in [0.717, 1.165) is 0 Å². The van der Waals surface area contributed by atoms with Crippen molar-refractivity contribution in [3.05, 3.63) is 20.6 Å². The number of halogens is 5. The Morgan fingerprint density at radius 1 is 1.44 bits per heavy atom. The van der Waals surface area contributed by atoms with Crippen molar-refractivity contribution in [1.29, 1.82) is 0 Å². The Kier molecular flexibility index (Phi) is 4.70. The van der Waals surface area contributed by atoms with Crippen molar-refractivity contribution in [2.75, 3.05) is 0 Å². The molecule has 0 nitrogen and oxygen atoms in total. The first-order valence-electron chi connectivity index (χ1n) is 1.76. The lowest BCUT2D eigenvalue weighted by Gasteiger charge is -1.89. The Morgan fingerprint density at radius 3 is 2.00 bits per heavy atom. The molecule has 0 heterocycles. The van der Waals surface area contributed by atoms with Gasteiger partial charge in [-0.15, -0.1) is 0 Å². The molecule has 0 radical (unpaired) electrons. The summed E-state index contributed by atoms with van der Waals surface area (Å²) in [6.45, 7) is 0. The van der Waals surface area contributed by atoms with Gasteiger partial charge in [0.15, 0.2) is 5.83 Å². The molecule has 0 aliphatic heterocycles. The van der Waals surface area contributed by atoms with E-state index >= 15 is 0 Å². The highest BCUT2D eigenvalue weighted by Crippen LogP contribution is 2.28. The Labute approximate surface area is 72.8 Å². The molecule has 0 aliphatic carbocycles. The third kappa shape index (κ3) is 3.33. The topological polar surface area (TPSA) is 0 Å². The van der Waals surface area contributed by atoms with E-state index in [4.69, 9.17) is 11.6 Å². The van der Waals surface area contributed by atoms with Crippen LogP contribution in [0.25, 0.3) is 0 Å².